The maximum Gasteiger partial charge on any atom is 0.228 e. The van der Waals surface area contributed by atoms with Crippen LogP contribution in [-0.4, -0.2) is 40.2 Å². The topological polar surface area (TPSA) is 68.1 Å². The van der Waals surface area contributed by atoms with Gasteiger partial charge in [0.15, 0.2) is 0 Å². The van der Waals surface area contributed by atoms with Crippen molar-refractivity contribution in [1.29, 1.82) is 0 Å². The Labute approximate surface area is 177 Å². The van der Waals surface area contributed by atoms with Gasteiger partial charge in [0.05, 0.1) is 23.2 Å². The van der Waals surface area contributed by atoms with E-state index in [1.165, 1.54) is 5.56 Å². The van der Waals surface area contributed by atoms with Gasteiger partial charge in [0, 0.05) is 24.7 Å². The number of sulfone groups is 1. The van der Waals surface area contributed by atoms with E-state index in [-0.39, 0.29) is 11.2 Å². The lowest BCUT2D eigenvalue weighted by Crippen LogP contribution is -2.25. The second kappa shape index (κ2) is 9.19. The zero-order chi connectivity index (χ0) is 21.0. The summed E-state index contributed by atoms with van der Waals surface area (Å²) in [6.45, 7) is 6.66. The van der Waals surface area contributed by atoms with E-state index in [9.17, 15) is 8.42 Å². The molecule has 156 valence electrons. The summed E-state index contributed by atoms with van der Waals surface area (Å²) in [4.78, 5) is 10.9. The molecule has 0 aliphatic rings. The predicted molar refractivity (Wildman–Crippen MR) is 117 cm³/mol. The molecule has 2 heterocycles. The highest BCUT2D eigenvalue weighted by Gasteiger charge is 2.27. The smallest absolute Gasteiger partial charge is 0.228 e. The van der Waals surface area contributed by atoms with Gasteiger partial charge in [-0.15, -0.1) is 11.3 Å². The lowest BCUT2D eigenvalue weighted by atomic mass is 10.1. The minimum Gasteiger partial charge on any atom is -0.317 e. The third-order valence-corrected chi connectivity index (χ3v) is 8.15. The number of benzene rings is 1. The molecule has 0 saturated carbocycles. The summed E-state index contributed by atoms with van der Waals surface area (Å²) < 4.78 is 27.6. The van der Waals surface area contributed by atoms with Crippen LogP contribution in [0.2, 0.25) is 0 Å². The fourth-order valence-corrected chi connectivity index (χ4v) is 5.00. The van der Waals surface area contributed by atoms with Crippen LogP contribution in [0.3, 0.4) is 0 Å². The number of hydrogen-bond donors (Lipinski definition) is 0. The van der Waals surface area contributed by atoms with E-state index in [2.05, 4.69) is 33.9 Å². The highest BCUT2D eigenvalue weighted by molar-refractivity contribution is 7.91. The molecule has 8 heteroatoms. The second-order valence-electron chi connectivity index (χ2n) is 7.47. The molecule has 0 saturated heterocycles. The van der Waals surface area contributed by atoms with Gasteiger partial charge in [0.2, 0.25) is 15.0 Å². The lowest BCUT2D eigenvalue weighted by Gasteiger charge is -2.24. The van der Waals surface area contributed by atoms with Gasteiger partial charge < -0.3 is 4.57 Å². The minimum atomic E-state index is -3.47. The van der Waals surface area contributed by atoms with Crippen LogP contribution in [0.15, 0.2) is 53.3 Å². The van der Waals surface area contributed by atoms with Crippen LogP contribution in [-0.2, 0) is 29.3 Å². The first kappa shape index (κ1) is 21.7. The zero-order valence-corrected chi connectivity index (χ0v) is 18.9. The van der Waals surface area contributed by atoms with Crippen LogP contribution in [0.5, 0.6) is 0 Å². The molecule has 3 aromatic rings. The first-order valence-electron chi connectivity index (χ1n) is 9.72. The van der Waals surface area contributed by atoms with Crippen molar-refractivity contribution >= 4 is 21.2 Å². The molecule has 1 unspecified atom stereocenters. The van der Waals surface area contributed by atoms with Gasteiger partial charge >= 0.3 is 0 Å². The van der Waals surface area contributed by atoms with Crippen LogP contribution in [0.1, 0.15) is 43.1 Å². The van der Waals surface area contributed by atoms with Crippen molar-refractivity contribution in [3.8, 4) is 0 Å². The highest BCUT2D eigenvalue weighted by Crippen LogP contribution is 2.24. The summed E-state index contributed by atoms with van der Waals surface area (Å²) in [6.07, 6.45) is 4.25. The molecule has 6 nitrogen and oxygen atoms in total. The minimum absolute atomic E-state index is 0.137. The number of aromatic nitrogens is 3. The van der Waals surface area contributed by atoms with Crippen LogP contribution in [0, 0.1) is 0 Å². The summed E-state index contributed by atoms with van der Waals surface area (Å²) in [5.41, 5.74) is 2.07. The van der Waals surface area contributed by atoms with E-state index in [0.29, 0.717) is 13.1 Å². The molecule has 29 heavy (non-hydrogen) atoms. The van der Waals surface area contributed by atoms with Crippen molar-refractivity contribution in [2.45, 2.75) is 56.7 Å². The summed E-state index contributed by atoms with van der Waals surface area (Å²) in [5, 5.41) is 2.66. The molecule has 0 bridgehead atoms. The molecule has 0 N–H and O–H groups in total. The van der Waals surface area contributed by atoms with Gasteiger partial charge in [0.25, 0.3) is 0 Å². The van der Waals surface area contributed by atoms with Gasteiger partial charge in [-0.3, -0.25) is 4.90 Å². The Bertz CT molecular complexity index is 1010. The van der Waals surface area contributed by atoms with Crippen molar-refractivity contribution in [1.82, 2.24) is 19.4 Å². The molecule has 0 spiro atoms. The average Bonchev–Trinajstić information content (AvgIpc) is 3.37. The van der Waals surface area contributed by atoms with Gasteiger partial charge in [0.1, 0.15) is 5.01 Å². The fourth-order valence-electron chi connectivity index (χ4n) is 3.10. The Balaban J connectivity index is 1.88. The number of thiazole rings is 1. The molecule has 0 fully saturated rings. The average molecular weight is 433 g/mol. The van der Waals surface area contributed by atoms with Crippen LogP contribution >= 0.6 is 11.3 Å². The van der Waals surface area contributed by atoms with Gasteiger partial charge in [-0.25, -0.2) is 18.4 Å². The number of aryl methyl sites for hydroxylation is 1. The third-order valence-electron chi connectivity index (χ3n) is 5.12. The largest absolute Gasteiger partial charge is 0.317 e. The Kier molecular flexibility index (Phi) is 6.87. The molecule has 0 radical (unpaired) electrons. The monoisotopic (exact) mass is 432 g/mol. The van der Waals surface area contributed by atoms with Gasteiger partial charge in [-0.05, 0) is 39.8 Å². The molecular weight excluding hydrogens is 404 g/mol. The van der Waals surface area contributed by atoms with Crippen LogP contribution in [0.25, 0.3) is 0 Å². The molecule has 1 aromatic carbocycles. The molecular formula is C21H28N4O2S2. The first-order chi connectivity index (χ1) is 13.8. The van der Waals surface area contributed by atoms with E-state index in [1.807, 2.05) is 41.4 Å². The maximum atomic E-state index is 12.9. The first-order valence-corrected chi connectivity index (χ1v) is 12.1. The number of hydrogen-bond acceptors (Lipinski definition) is 6. The SMILES string of the molecule is CC(c1nccs1)N(C)Cc1cnc(S(=O)(=O)C(C)C)n1CCc1ccccc1. The van der Waals surface area contributed by atoms with Crippen LogP contribution < -0.4 is 0 Å². The Morgan fingerprint density at radius 2 is 1.86 bits per heavy atom. The van der Waals surface area contributed by atoms with Crippen LogP contribution in [0.4, 0.5) is 0 Å². The van der Waals surface area contributed by atoms with Crippen molar-refractivity contribution < 1.29 is 8.42 Å². The lowest BCUT2D eigenvalue weighted by molar-refractivity contribution is 0.245. The van der Waals surface area contributed by atoms with Crippen molar-refractivity contribution in [3.05, 3.63) is 64.4 Å². The zero-order valence-electron chi connectivity index (χ0n) is 17.3. The Hall–Kier alpha value is -2.03. The number of imidazole rings is 1. The van der Waals surface area contributed by atoms with Gasteiger partial charge in [-0.1, -0.05) is 30.3 Å². The van der Waals surface area contributed by atoms with Crippen molar-refractivity contribution in [2.24, 2.45) is 0 Å². The van der Waals surface area contributed by atoms with E-state index >= 15 is 0 Å². The Morgan fingerprint density at radius 1 is 1.14 bits per heavy atom. The summed E-state index contributed by atoms with van der Waals surface area (Å²) in [5.74, 6) is 0. The molecule has 3 rings (SSSR count). The fraction of sp³-hybridized carbons (Fsp3) is 0.429. The molecule has 0 aliphatic carbocycles. The van der Waals surface area contributed by atoms with Gasteiger partial charge in [-0.2, -0.15) is 0 Å². The Morgan fingerprint density at radius 3 is 2.48 bits per heavy atom. The summed E-state index contributed by atoms with van der Waals surface area (Å²) >= 11 is 1.62. The highest BCUT2D eigenvalue weighted by atomic mass is 32.2. The molecule has 0 aliphatic heterocycles. The normalized spacial score (nSPS) is 13.3. The third kappa shape index (κ3) is 4.94. The summed E-state index contributed by atoms with van der Waals surface area (Å²) in [6, 6.07) is 10.2. The number of rotatable bonds is 9. The molecule has 0 amide bonds. The molecule has 2 aromatic heterocycles. The predicted octanol–water partition coefficient (Wildman–Crippen LogP) is 3.96. The van der Waals surface area contributed by atoms with E-state index in [1.54, 1.807) is 31.4 Å². The standard InChI is InChI=1S/C21H28N4O2S2/c1-16(2)29(26,27)21-23-14-19(15-24(4)17(3)20-22-11-13-28-20)25(21)12-10-18-8-6-5-7-9-18/h5-9,11,13-14,16-17H,10,12,15H2,1-4H3. The van der Waals surface area contributed by atoms with Crippen molar-refractivity contribution in [3.63, 3.8) is 0 Å². The summed E-state index contributed by atoms with van der Waals surface area (Å²) in [7, 11) is -1.44. The van der Waals surface area contributed by atoms with E-state index in [0.717, 1.165) is 17.1 Å². The van der Waals surface area contributed by atoms with Crippen molar-refractivity contribution in [2.75, 3.05) is 7.05 Å². The molecule has 1 atom stereocenters. The maximum absolute atomic E-state index is 12.9. The number of nitrogens with zero attached hydrogens (tertiary/aromatic N) is 4. The quantitative estimate of drug-likeness (QED) is 0.512. The second-order valence-corrected chi connectivity index (χ2v) is 10.8. The van der Waals surface area contributed by atoms with E-state index in [4.69, 9.17) is 0 Å². The van der Waals surface area contributed by atoms with E-state index < -0.39 is 15.1 Å².